The van der Waals surface area contributed by atoms with Gasteiger partial charge in [0.1, 0.15) is 11.5 Å². The summed E-state index contributed by atoms with van der Waals surface area (Å²) in [4.78, 5) is 7.95. The van der Waals surface area contributed by atoms with Crippen molar-refractivity contribution in [2.75, 3.05) is 0 Å². The lowest BCUT2D eigenvalue weighted by molar-refractivity contribution is 0.761. The molecule has 2 rings (SSSR count). The highest BCUT2D eigenvalue weighted by Gasteiger charge is 2.06. The average Bonchev–Trinajstić information content (AvgIpc) is 2.45. The summed E-state index contributed by atoms with van der Waals surface area (Å²) in [5, 5.41) is 4.67. The van der Waals surface area contributed by atoms with Crippen molar-refractivity contribution in [1.82, 2.24) is 19.7 Å². The zero-order valence-corrected chi connectivity index (χ0v) is 8.65. The molecule has 0 spiro atoms. The molecule has 0 aromatic carbocycles. The first-order valence-electron chi connectivity index (χ1n) is 4.15. The molecule has 0 fully saturated rings. The predicted octanol–water partition coefficient (Wildman–Crippen LogP) is 1.84. The fraction of sp³-hybridized carbons (Fsp3) is 0.222. The summed E-state index contributed by atoms with van der Waals surface area (Å²) in [5.41, 5.74) is 2.68. The summed E-state index contributed by atoms with van der Waals surface area (Å²) in [7, 11) is 1.87. The van der Waals surface area contributed by atoms with E-state index in [0.717, 1.165) is 17.1 Å². The number of aromatic nitrogens is 4. The monoisotopic (exact) mass is 208 g/mol. The third kappa shape index (κ3) is 1.61. The van der Waals surface area contributed by atoms with Crippen molar-refractivity contribution in [1.29, 1.82) is 0 Å². The zero-order valence-electron chi connectivity index (χ0n) is 7.90. The number of aryl methyl sites for hydroxylation is 2. The van der Waals surface area contributed by atoms with Crippen LogP contribution in [-0.4, -0.2) is 19.7 Å². The van der Waals surface area contributed by atoms with Gasteiger partial charge in [-0.05, 0) is 13.0 Å². The van der Waals surface area contributed by atoms with Gasteiger partial charge in [-0.1, -0.05) is 11.6 Å². The molecule has 0 radical (unpaired) electrons. The molecular formula is C9H9ClN4. The van der Waals surface area contributed by atoms with E-state index in [1.165, 1.54) is 6.33 Å². The number of halogens is 1. The highest BCUT2D eigenvalue weighted by atomic mass is 35.5. The van der Waals surface area contributed by atoms with E-state index in [9.17, 15) is 0 Å². The molecule has 0 amide bonds. The predicted molar refractivity (Wildman–Crippen MR) is 54.0 cm³/mol. The van der Waals surface area contributed by atoms with Crippen LogP contribution in [0.3, 0.4) is 0 Å². The van der Waals surface area contributed by atoms with E-state index in [4.69, 9.17) is 11.6 Å². The Morgan fingerprint density at radius 2 is 2.07 bits per heavy atom. The number of hydrogen-bond donors (Lipinski definition) is 0. The molecule has 0 bridgehead atoms. The third-order valence-electron chi connectivity index (χ3n) is 1.90. The largest absolute Gasteiger partial charge is 0.266 e. The van der Waals surface area contributed by atoms with Crippen LogP contribution < -0.4 is 0 Å². The van der Waals surface area contributed by atoms with Crippen molar-refractivity contribution in [3.05, 3.63) is 29.3 Å². The first kappa shape index (κ1) is 9.15. The Bertz CT molecular complexity index is 464. The van der Waals surface area contributed by atoms with E-state index >= 15 is 0 Å². The summed E-state index contributed by atoms with van der Waals surface area (Å²) in [6.07, 6.45) is 1.44. The summed E-state index contributed by atoms with van der Waals surface area (Å²) in [5.74, 6) is 0. The van der Waals surface area contributed by atoms with Gasteiger partial charge in [0.2, 0.25) is 0 Å². The fourth-order valence-corrected chi connectivity index (χ4v) is 1.47. The Kier molecular flexibility index (Phi) is 2.21. The highest BCUT2D eigenvalue weighted by Crippen LogP contribution is 2.18. The summed E-state index contributed by atoms with van der Waals surface area (Å²) >= 11 is 5.77. The van der Waals surface area contributed by atoms with Crippen LogP contribution in [0.15, 0.2) is 18.5 Å². The third-order valence-corrected chi connectivity index (χ3v) is 2.10. The molecule has 14 heavy (non-hydrogen) atoms. The van der Waals surface area contributed by atoms with E-state index in [1.54, 1.807) is 10.7 Å². The Labute approximate surface area is 86.6 Å². The van der Waals surface area contributed by atoms with Gasteiger partial charge in [0.25, 0.3) is 0 Å². The average molecular weight is 209 g/mol. The van der Waals surface area contributed by atoms with Gasteiger partial charge in [-0.2, -0.15) is 5.10 Å². The van der Waals surface area contributed by atoms with Gasteiger partial charge in [0.15, 0.2) is 0 Å². The van der Waals surface area contributed by atoms with Crippen LogP contribution in [0.25, 0.3) is 11.4 Å². The molecule has 0 saturated carbocycles. The van der Waals surface area contributed by atoms with Gasteiger partial charge in [0, 0.05) is 13.1 Å². The van der Waals surface area contributed by atoms with Crippen molar-refractivity contribution in [3.8, 4) is 11.4 Å². The standard InChI is InChI=1S/C9H9ClN4/c1-6-3-8(14(2)13-6)7-4-9(10)12-5-11-7/h3-5H,1-2H3. The molecule has 0 saturated heterocycles. The van der Waals surface area contributed by atoms with Crippen molar-refractivity contribution in [3.63, 3.8) is 0 Å². The Morgan fingerprint density at radius 3 is 2.64 bits per heavy atom. The van der Waals surface area contributed by atoms with E-state index in [2.05, 4.69) is 15.1 Å². The van der Waals surface area contributed by atoms with Crippen LogP contribution in [0.5, 0.6) is 0 Å². The van der Waals surface area contributed by atoms with E-state index in [0.29, 0.717) is 5.15 Å². The minimum Gasteiger partial charge on any atom is -0.266 e. The maximum Gasteiger partial charge on any atom is 0.133 e. The number of hydrogen-bond acceptors (Lipinski definition) is 3. The Hall–Kier alpha value is -1.42. The maximum atomic E-state index is 5.77. The molecular weight excluding hydrogens is 200 g/mol. The number of rotatable bonds is 1. The molecule has 4 nitrogen and oxygen atoms in total. The lowest BCUT2D eigenvalue weighted by atomic mass is 10.3. The molecule has 2 heterocycles. The van der Waals surface area contributed by atoms with Crippen LogP contribution in [0.2, 0.25) is 5.15 Å². The molecule has 72 valence electrons. The second kappa shape index (κ2) is 3.38. The molecule has 0 atom stereocenters. The minimum atomic E-state index is 0.439. The SMILES string of the molecule is Cc1cc(-c2cc(Cl)ncn2)n(C)n1. The van der Waals surface area contributed by atoms with Crippen molar-refractivity contribution in [2.24, 2.45) is 7.05 Å². The van der Waals surface area contributed by atoms with Crippen LogP contribution in [-0.2, 0) is 7.05 Å². The van der Waals surface area contributed by atoms with Crippen LogP contribution in [0, 0.1) is 6.92 Å². The summed E-state index contributed by atoms with van der Waals surface area (Å²) < 4.78 is 1.77. The van der Waals surface area contributed by atoms with Gasteiger partial charge in [-0.3, -0.25) is 4.68 Å². The summed E-state index contributed by atoms with van der Waals surface area (Å²) in [6, 6.07) is 3.68. The molecule has 0 aliphatic heterocycles. The van der Waals surface area contributed by atoms with Crippen molar-refractivity contribution in [2.45, 2.75) is 6.92 Å². The van der Waals surface area contributed by atoms with Crippen molar-refractivity contribution < 1.29 is 0 Å². The van der Waals surface area contributed by atoms with E-state index < -0.39 is 0 Å². The highest BCUT2D eigenvalue weighted by molar-refractivity contribution is 6.29. The molecule has 5 heteroatoms. The quantitative estimate of drug-likeness (QED) is 0.672. The van der Waals surface area contributed by atoms with Crippen LogP contribution in [0.4, 0.5) is 0 Å². The summed E-state index contributed by atoms with van der Waals surface area (Å²) in [6.45, 7) is 1.94. The molecule has 0 aliphatic rings. The van der Waals surface area contributed by atoms with Crippen LogP contribution in [0.1, 0.15) is 5.69 Å². The lowest BCUT2D eigenvalue weighted by Crippen LogP contribution is -1.95. The van der Waals surface area contributed by atoms with Gasteiger partial charge in [-0.25, -0.2) is 9.97 Å². The molecule has 2 aromatic rings. The van der Waals surface area contributed by atoms with Gasteiger partial charge >= 0.3 is 0 Å². The zero-order chi connectivity index (χ0) is 10.1. The minimum absolute atomic E-state index is 0.439. The maximum absolute atomic E-state index is 5.77. The van der Waals surface area contributed by atoms with Crippen molar-refractivity contribution >= 4 is 11.6 Å². The first-order valence-corrected chi connectivity index (χ1v) is 4.53. The Balaban J connectivity index is 2.54. The second-order valence-corrected chi connectivity index (χ2v) is 3.41. The van der Waals surface area contributed by atoms with E-state index in [-0.39, 0.29) is 0 Å². The fourth-order valence-electron chi connectivity index (χ4n) is 1.32. The molecule has 0 aliphatic carbocycles. The Morgan fingerprint density at radius 1 is 1.29 bits per heavy atom. The molecule has 0 unspecified atom stereocenters. The van der Waals surface area contributed by atoms with Gasteiger partial charge in [-0.15, -0.1) is 0 Å². The first-order chi connectivity index (χ1) is 6.66. The topological polar surface area (TPSA) is 43.6 Å². The normalized spacial score (nSPS) is 10.5. The smallest absolute Gasteiger partial charge is 0.133 e. The van der Waals surface area contributed by atoms with Gasteiger partial charge < -0.3 is 0 Å². The lowest BCUT2D eigenvalue weighted by Gasteiger charge is -1.99. The molecule has 0 N–H and O–H groups in total. The van der Waals surface area contributed by atoms with Gasteiger partial charge in [0.05, 0.1) is 17.1 Å². The second-order valence-electron chi connectivity index (χ2n) is 3.02. The van der Waals surface area contributed by atoms with E-state index in [1.807, 2.05) is 20.0 Å². The molecule has 2 aromatic heterocycles. The number of nitrogens with zero attached hydrogens (tertiary/aromatic N) is 4. The van der Waals surface area contributed by atoms with Crippen LogP contribution >= 0.6 is 11.6 Å².